The number of carbonyl (C=O) groups excluding carboxylic acids is 3. The van der Waals surface area contributed by atoms with Crippen LogP contribution in [0.4, 0.5) is 0 Å². The molecule has 2 aliphatic rings. The molecule has 1 aromatic rings. The maximum absolute atomic E-state index is 12.2. The SMILES string of the molecule is Cl.O=C(NCCCCN1C(=O)c2ccccc2C1=O)C1CCCNC1. The molecular weight excluding hydrogens is 342 g/mol. The van der Waals surface area contributed by atoms with Crippen LogP contribution in [0, 0.1) is 5.92 Å². The first kappa shape index (κ1) is 19.4. The fourth-order valence-electron chi connectivity index (χ4n) is 3.27. The summed E-state index contributed by atoms with van der Waals surface area (Å²) >= 11 is 0. The molecule has 0 aliphatic carbocycles. The highest BCUT2D eigenvalue weighted by molar-refractivity contribution is 6.21. The van der Waals surface area contributed by atoms with Crippen molar-refractivity contribution in [2.75, 3.05) is 26.2 Å². The lowest BCUT2D eigenvalue weighted by Crippen LogP contribution is -2.40. The van der Waals surface area contributed by atoms with Crippen LogP contribution in [0.25, 0.3) is 0 Å². The van der Waals surface area contributed by atoms with Crippen LogP contribution in [0.15, 0.2) is 24.3 Å². The molecule has 2 aliphatic heterocycles. The Balaban J connectivity index is 0.00000225. The average molecular weight is 366 g/mol. The maximum atomic E-state index is 12.2. The standard InChI is InChI=1S/C18H23N3O3.ClH/c22-16(13-6-5-9-19-12-13)20-10-3-4-11-21-17(23)14-7-1-2-8-15(14)18(21)24;/h1-2,7-8,13,19H,3-6,9-12H2,(H,20,22);1H. The van der Waals surface area contributed by atoms with Gasteiger partial charge in [-0.25, -0.2) is 0 Å². The number of fused-ring (bicyclic) bond motifs is 1. The van der Waals surface area contributed by atoms with Gasteiger partial charge in [0, 0.05) is 19.6 Å². The van der Waals surface area contributed by atoms with Gasteiger partial charge in [-0.1, -0.05) is 12.1 Å². The number of hydrogen-bond acceptors (Lipinski definition) is 4. The molecule has 0 spiro atoms. The summed E-state index contributed by atoms with van der Waals surface area (Å²) in [6.07, 6.45) is 3.42. The number of nitrogens with one attached hydrogen (secondary N) is 2. The zero-order chi connectivity index (χ0) is 16.9. The summed E-state index contributed by atoms with van der Waals surface area (Å²) in [5, 5.41) is 6.18. The lowest BCUT2D eigenvalue weighted by molar-refractivity contribution is -0.125. The molecule has 1 fully saturated rings. The second-order valence-corrected chi connectivity index (χ2v) is 6.35. The fraction of sp³-hybridized carbons (Fsp3) is 0.500. The van der Waals surface area contributed by atoms with Crippen molar-refractivity contribution in [2.45, 2.75) is 25.7 Å². The van der Waals surface area contributed by atoms with Crippen molar-refractivity contribution in [3.63, 3.8) is 0 Å². The van der Waals surface area contributed by atoms with E-state index in [0.717, 1.165) is 32.4 Å². The smallest absolute Gasteiger partial charge is 0.261 e. The van der Waals surface area contributed by atoms with Gasteiger partial charge in [-0.3, -0.25) is 19.3 Å². The van der Waals surface area contributed by atoms with Crippen LogP contribution in [0.1, 0.15) is 46.4 Å². The van der Waals surface area contributed by atoms with E-state index in [-0.39, 0.29) is 36.0 Å². The second kappa shape index (κ2) is 8.97. The lowest BCUT2D eigenvalue weighted by Gasteiger charge is -2.22. The van der Waals surface area contributed by atoms with Gasteiger partial charge in [0.25, 0.3) is 11.8 Å². The van der Waals surface area contributed by atoms with Gasteiger partial charge in [0.05, 0.1) is 17.0 Å². The molecule has 3 rings (SSSR count). The van der Waals surface area contributed by atoms with Gasteiger partial charge >= 0.3 is 0 Å². The summed E-state index contributed by atoms with van der Waals surface area (Å²) in [5.74, 6) is -0.265. The number of nitrogens with zero attached hydrogens (tertiary/aromatic N) is 1. The molecule has 0 radical (unpaired) electrons. The third kappa shape index (κ3) is 4.38. The molecule has 0 aromatic heterocycles. The molecule has 1 unspecified atom stereocenters. The number of carbonyl (C=O) groups is 3. The summed E-state index contributed by atoms with van der Waals surface area (Å²) in [7, 11) is 0. The van der Waals surface area contributed by atoms with Crippen LogP contribution in [0.3, 0.4) is 0 Å². The number of unbranched alkanes of at least 4 members (excludes halogenated alkanes) is 1. The summed E-state index contributed by atoms with van der Waals surface area (Å²) in [6.45, 7) is 2.72. The number of benzene rings is 1. The van der Waals surface area contributed by atoms with E-state index < -0.39 is 0 Å². The molecule has 0 bridgehead atoms. The van der Waals surface area contributed by atoms with Gasteiger partial charge in [0.2, 0.25) is 5.91 Å². The highest BCUT2D eigenvalue weighted by Crippen LogP contribution is 2.22. The Bertz CT molecular complexity index is 609. The van der Waals surface area contributed by atoms with E-state index in [0.29, 0.717) is 30.6 Å². The lowest BCUT2D eigenvalue weighted by atomic mass is 9.99. The molecular formula is C18H24ClN3O3. The van der Waals surface area contributed by atoms with Gasteiger partial charge in [0.1, 0.15) is 0 Å². The Morgan fingerprint density at radius 1 is 1.16 bits per heavy atom. The van der Waals surface area contributed by atoms with Gasteiger partial charge in [-0.15, -0.1) is 12.4 Å². The van der Waals surface area contributed by atoms with Crippen molar-refractivity contribution in [3.05, 3.63) is 35.4 Å². The van der Waals surface area contributed by atoms with E-state index in [1.165, 1.54) is 4.90 Å². The topological polar surface area (TPSA) is 78.5 Å². The summed E-state index contributed by atoms with van der Waals surface area (Å²) < 4.78 is 0. The molecule has 0 saturated carbocycles. The summed E-state index contributed by atoms with van der Waals surface area (Å²) in [6, 6.07) is 6.91. The van der Waals surface area contributed by atoms with Crippen molar-refractivity contribution in [2.24, 2.45) is 5.92 Å². The molecule has 6 nitrogen and oxygen atoms in total. The molecule has 3 amide bonds. The molecule has 1 aromatic carbocycles. The third-order valence-electron chi connectivity index (χ3n) is 4.65. The van der Waals surface area contributed by atoms with E-state index in [9.17, 15) is 14.4 Å². The van der Waals surface area contributed by atoms with Crippen molar-refractivity contribution in [1.29, 1.82) is 0 Å². The zero-order valence-electron chi connectivity index (χ0n) is 14.1. The van der Waals surface area contributed by atoms with Gasteiger partial charge in [-0.2, -0.15) is 0 Å². The Morgan fingerprint density at radius 3 is 2.44 bits per heavy atom. The van der Waals surface area contributed by atoms with E-state index >= 15 is 0 Å². The number of imide groups is 1. The molecule has 2 N–H and O–H groups in total. The van der Waals surface area contributed by atoms with Crippen molar-refractivity contribution in [1.82, 2.24) is 15.5 Å². The van der Waals surface area contributed by atoms with E-state index in [4.69, 9.17) is 0 Å². The predicted molar refractivity (Wildman–Crippen MR) is 96.9 cm³/mol. The Hall–Kier alpha value is -1.92. The minimum absolute atomic E-state index is 0. The fourth-order valence-corrected chi connectivity index (χ4v) is 3.27. The first-order valence-electron chi connectivity index (χ1n) is 8.62. The number of amides is 3. The van der Waals surface area contributed by atoms with Crippen LogP contribution in [0.5, 0.6) is 0 Å². The average Bonchev–Trinajstić information content (AvgIpc) is 2.87. The van der Waals surface area contributed by atoms with E-state index in [1.54, 1.807) is 24.3 Å². The first-order valence-corrected chi connectivity index (χ1v) is 8.62. The predicted octanol–water partition coefficient (Wildman–Crippen LogP) is 1.60. The molecule has 25 heavy (non-hydrogen) atoms. The normalized spacial score (nSPS) is 19.4. The first-order chi connectivity index (χ1) is 11.7. The largest absolute Gasteiger partial charge is 0.356 e. The van der Waals surface area contributed by atoms with E-state index in [2.05, 4.69) is 10.6 Å². The minimum Gasteiger partial charge on any atom is -0.356 e. The highest BCUT2D eigenvalue weighted by atomic mass is 35.5. The Kier molecular flexibility index (Phi) is 6.96. The molecule has 7 heteroatoms. The Morgan fingerprint density at radius 2 is 1.84 bits per heavy atom. The number of rotatable bonds is 6. The summed E-state index contributed by atoms with van der Waals surface area (Å²) in [5.41, 5.74) is 0.973. The van der Waals surface area contributed by atoms with Crippen LogP contribution >= 0.6 is 12.4 Å². The monoisotopic (exact) mass is 365 g/mol. The van der Waals surface area contributed by atoms with Crippen LogP contribution in [-0.2, 0) is 4.79 Å². The zero-order valence-corrected chi connectivity index (χ0v) is 14.9. The van der Waals surface area contributed by atoms with Crippen LogP contribution in [0.2, 0.25) is 0 Å². The number of hydrogen-bond donors (Lipinski definition) is 2. The van der Waals surface area contributed by atoms with E-state index in [1.807, 2.05) is 0 Å². The van der Waals surface area contributed by atoms with Crippen LogP contribution in [-0.4, -0.2) is 48.8 Å². The molecule has 136 valence electrons. The Labute approximate surface area is 153 Å². The van der Waals surface area contributed by atoms with Crippen molar-refractivity contribution >= 4 is 30.1 Å². The molecule has 2 heterocycles. The van der Waals surface area contributed by atoms with Crippen LogP contribution < -0.4 is 10.6 Å². The minimum atomic E-state index is -0.215. The number of piperidine rings is 1. The third-order valence-corrected chi connectivity index (χ3v) is 4.65. The molecule has 1 saturated heterocycles. The highest BCUT2D eigenvalue weighted by Gasteiger charge is 2.34. The number of halogens is 1. The quantitative estimate of drug-likeness (QED) is 0.593. The molecule has 1 atom stereocenters. The van der Waals surface area contributed by atoms with Gasteiger partial charge in [-0.05, 0) is 44.4 Å². The van der Waals surface area contributed by atoms with Gasteiger partial charge < -0.3 is 10.6 Å². The summed E-state index contributed by atoms with van der Waals surface area (Å²) in [4.78, 5) is 37.7. The maximum Gasteiger partial charge on any atom is 0.261 e. The van der Waals surface area contributed by atoms with Crippen molar-refractivity contribution < 1.29 is 14.4 Å². The van der Waals surface area contributed by atoms with Gasteiger partial charge in [0.15, 0.2) is 0 Å². The second-order valence-electron chi connectivity index (χ2n) is 6.35. The van der Waals surface area contributed by atoms with Crippen molar-refractivity contribution in [3.8, 4) is 0 Å².